The average Bonchev–Trinajstić information content (AvgIpc) is 2.01. The Morgan fingerprint density at radius 1 is 1.07 bits per heavy atom. The number of hydrogen-bond donors (Lipinski definition) is 2. The third-order valence-electron chi connectivity index (χ3n) is 1.32. The maximum atomic E-state index is 9.55. The smallest absolute Gasteiger partial charge is 0.328 e. The molecular formula is C9H18NO4+. The summed E-state index contributed by atoms with van der Waals surface area (Å²) in [7, 11) is 6.54. The predicted molar refractivity (Wildman–Crippen MR) is 53.0 cm³/mol. The van der Waals surface area contributed by atoms with E-state index in [4.69, 9.17) is 10.2 Å². The Morgan fingerprint density at radius 2 is 1.29 bits per heavy atom. The van der Waals surface area contributed by atoms with Crippen LogP contribution in [-0.2, 0) is 9.59 Å². The Balaban J connectivity index is 0. The van der Waals surface area contributed by atoms with Crippen molar-refractivity contribution < 1.29 is 24.3 Å². The van der Waals surface area contributed by atoms with Crippen molar-refractivity contribution in [1.29, 1.82) is 0 Å². The summed E-state index contributed by atoms with van der Waals surface area (Å²) >= 11 is 0. The van der Waals surface area contributed by atoms with Crippen molar-refractivity contribution in [1.82, 2.24) is 0 Å². The van der Waals surface area contributed by atoms with Crippen LogP contribution in [-0.4, -0.2) is 54.3 Å². The van der Waals surface area contributed by atoms with Gasteiger partial charge in [-0.1, -0.05) is 0 Å². The molecule has 0 aliphatic rings. The highest BCUT2D eigenvalue weighted by molar-refractivity contribution is 5.89. The van der Waals surface area contributed by atoms with Gasteiger partial charge in [-0.3, -0.25) is 0 Å². The molecule has 0 rings (SSSR count). The van der Waals surface area contributed by atoms with Crippen molar-refractivity contribution in [3.8, 4) is 0 Å². The lowest BCUT2D eigenvalue weighted by Crippen LogP contribution is -2.33. The summed E-state index contributed by atoms with van der Waals surface area (Å²) in [5.41, 5.74) is 0. The molecule has 0 unspecified atom stereocenters. The minimum Gasteiger partial charge on any atom is -0.478 e. The van der Waals surface area contributed by atoms with Crippen LogP contribution in [0.25, 0.3) is 0 Å². The Morgan fingerprint density at radius 3 is 1.36 bits per heavy atom. The number of carboxylic acid groups (broad SMARTS) is 2. The molecule has 14 heavy (non-hydrogen) atoms. The van der Waals surface area contributed by atoms with Gasteiger partial charge in [0.1, 0.15) is 0 Å². The van der Waals surface area contributed by atoms with Crippen LogP contribution in [0.15, 0.2) is 12.2 Å². The van der Waals surface area contributed by atoms with Gasteiger partial charge in [0, 0.05) is 12.2 Å². The fraction of sp³-hybridized carbons (Fsp3) is 0.556. The highest BCUT2D eigenvalue weighted by atomic mass is 16.4. The van der Waals surface area contributed by atoms with Gasteiger partial charge in [-0.2, -0.15) is 0 Å². The van der Waals surface area contributed by atoms with Crippen LogP contribution in [0.1, 0.15) is 6.92 Å². The van der Waals surface area contributed by atoms with E-state index in [1.54, 1.807) is 0 Å². The molecule has 5 heteroatoms. The van der Waals surface area contributed by atoms with E-state index in [-0.39, 0.29) is 0 Å². The number of carbonyl (C=O) groups is 2. The van der Waals surface area contributed by atoms with Gasteiger partial charge in [0.2, 0.25) is 0 Å². The van der Waals surface area contributed by atoms with Crippen molar-refractivity contribution in [3.05, 3.63) is 12.2 Å². The van der Waals surface area contributed by atoms with E-state index in [1.165, 1.54) is 6.54 Å². The second kappa shape index (κ2) is 7.08. The molecule has 0 aromatic rings. The zero-order valence-corrected chi connectivity index (χ0v) is 9.02. The maximum absolute atomic E-state index is 9.55. The maximum Gasteiger partial charge on any atom is 0.328 e. The molecule has 0 aliphatic carbocycles. The fourth-order valence-corrected chi connectivity index (χ4v) is 0.143. The number of nitrogens with zero attached hydrogens (tertiary/aromatic N) is 1. The first kappa shape index (κ1) is 15.1. The minimum absolute atomic E-state index is 0.558. The SMILES string of the molecule is CC[N+](C)(C)C.O=C(O)/C=C/C(=O)O. The predicted octanol–water partition coefficient (Wildman–Crippen LogP) is 0.424. The van der Waals surface area contributed by atoms with E-state index in [0.29, 0.717) is 12.2 Å². The van der Waals surface area contributed by atoms with Gasteiger partial charge < -0.3 is 14.7 Å². The van der Waals surface area contributed by atoms with Crippen molar-refractivity contribution >= 4 is 11.9 Å². The molecule has 5 nitrogen and oxygen atoms in total. The largest absolute Gasteiger partial charge is 0.478 e. The molecule has 0 aromatic carbocycles. The van der Waals surface area contributed by atoms with Gasteiger partial charge in [-0.15, -0.1) is 0 Å². The van der Waals surface area contributed by atoms with Crippen LogP contribution in [0.4, 0.5) is 0 Å². The lowest BCUT2D eigenvalue weighted by Gasteiger charge is -2.20. The van der Waals surface area contributed by atoms with Gasteiger partial charge >= 0.3 is 11.9 Å². The highest BCUT2D eigenvalue weighted by Crippen LogP contribution is 1.83. The molecule has 0 spiro atoms. The average molecular weight is 204 g/mol. The lowest BCUT2D eigenvalue weighted by molar-refractivity contribution is -0.868. The van der Waals surface area contributed by atoms with E-state index in [2.05, 4.69) is 28.1 Å². The highest BCUT2D eigenvalue weighted by Gasteiger charge is 1.97. The van der Waals surface area contributed by atoms with Crippen LogP contribution in [0.5, 0.6) is 0 Å². The molecule has 0 saturated heterocycles. The first-order chi connectivity index (χ1) is 6.19. The van der Waals surface area contributed by atoms with Crippen LogP contribution >= 0.6 is 0 Å². The molecule has 2 N–H and O–H groups in total. The van der Waals surface area contributed by atoms with Crippen molar-refractivity contribution in [2.75, 3.05) is 27.7 Å². The van der Waals surface area contributed by atoms with Crippen molar-refractivity contribution in [2.24, 2.45) is 0 Å². The van der Waals surface area contributed by atoms with E-state index in [0.717, 1.165) is 4.48 Å². The van der Waals surface area contributed by atoms with E-state index in [1.807, 2.05) is 0 Å². The van der Waals surface area contributed by atoms with Gasteiger partial charge in [0.05, 0.1) is 27.7 Å². The van der Waals surface area contributed by atoms with E-state index in [9.17, 15) is 9.59 Å². The summed E-state index contributed by atoms with van der Waals surface area (Å²) in [5.74, 6) is -2.51. The Hall–Kier alpha value is -1.36. The number of aliphatic carboxylic acids is 2. The van der Waals surface area contributed by atoms with Gasteiger partial charge in [-0.25, -0.2) is 9.59 Å². The Bertz CT molecular complexity index is 199. The number of carboxylic acids is 2. The summed E-state index contributed by atoms with van der Waals surface area (Å²) in [6, 6.07) is 0. The molecule has 0 heterocycles. The number of quaternary nitrogens is 1. The van der Waals surface area contributed by atoms with Crippen LogP contribution < -0.4 is 0 Å². The number of hydrogen-bond acceptors (Lipinski definition) is 2. The lowest BCUT2D eigenvalue weighted by atomic mass is 10.5. The Kier molecular flexibility index (Phi) is 7.65. The summed E-state index contributed by atoms with van der Waals surface area (Å²) in [5, 5.41) is 15.6. The van der Waals surface area contributed by atoms with Crippen molar-refractivity contribution in [3.63, 3.8) is 0 Å². The zero-order valence-electron chi connectivity index (χ0n) is 9.02. The van der Waals surface area contributed by atoms with Gasteiger partial charge in [-0.05, 0) is 6.92 Å². The number of rotatable bonds is 3. The summed E-state index contributed by atoms with van der Waals surface area (Å²) in [6.45, 7) is 3.39. The molecular weight excluding hydrogens is 186 g/mol. The van der Waals surface area contributed by atoms with E-state index >= 15 is 0 Å². The van der Waals surface area contributed by atoms with Crippen LogP contribution in [0.3, 0.4) is 0 Å². The summed E-state index contributed by atoms with van der Waals surface area (Å²) in [4.78, 5) is 19.1. The molecule has 0 atom stereocenters. The molecule has 0 aromatic heterocycles. The summed E-state index contributed by atoms with van der Waals surface area (Å²) in [6.07, 6.45) is 1.12. The van der Waals surface area contributed by atoms with E-state index < -0.39 is 11.9 Å². The Labute approximate surface area is 83.9 Å². The molecule has 0 aliphatic heterocycles. The quantitative estimate of drug-likeness (QED) is 0.516. The first-order valence-corrected chi connectivity index (χ1v) is 4.13. The summed E-state index contributed by atoms with van der Waals surface area (Å²) < 4.78 is 1.07. The van der Waals surface area contributed by atoms with Crippen LogP contribution in [0, 0.1) is 0 Å². The van der Waals surface area contributed by atoms with Crippen molar-refractivity contribution in [2.45, 2.75) is 6.92 Å². The molecule has 0 radical (unpaired) electrons. The van der Waals surface area contributed by atoms with Gasteiger partial charge in [0.15, 0.2) is 0 Å². The third-order valence-corrected chi connectivity index (χ3v) is 1.32. The molecule has 0 amide bonds. The first-order valence-electron chi connectivity index (χ1n) is 4.13. The molecule has 0 fully saturated rings. The second-order valence-corrected chi connectivity index (χ2v) is 3.62. The second-order valence-electron chi connectivity index (χ2n) is 3.62. The molecule has 0 bridgehead atoms. The standard InChI is InChI=1S/C5H14N.C4H4O4/c1-5-6(2,3)4;5-3(6)1-2-4(7)8/h5H2,1-4H3;1-2H,(H,5,6)(H,7,8)/q+1;/b;2-1+. The monoisotopic (exact) mass is 204 g/mol. The zero-order chi connectivity index (χ0) is 11.8. The molecule has 82 valence electrons. The van der Waals surface area contributed by atoms with Gasteiger partial charge in [0.25, 0.3) is 0 Å². The topological polar surface area (TPSA) is 74.6 Å². The van der Waals surface area contributed by atoms with Crippen LogP contribution in [0.2, 0.25) is 0 Å². The molecule has 0 saturated carbocycles. The third kappa shape index (κ3) is 22.4. The normalized spacial score (nSPS) is 10.6. The minimum atomic E-state index is -1.26. The fourth-order valence-electron chi connectivity index (χ4n) is 0.143.